The first-order valence-corrected chi connectivity index (χ1v) is 11.7. The Labute approximate surface area is 191 Å². The maximum absolute atomic E-state index is 13.2. The number of ether oxygens (including phenoxy) is 2. The summed E-state index contributed by atoms with van der Waals surface area (Å²) in [5.41, 5.74) is 1.91. The Morgan fingerprint density at radius 2 is 1.88 bits per heavy atom. The lowest BCUT2D eigenvalue weighted by molar-refractivity contribution is 0.0943. The fraction of sp³-hybridized carbons (Fsp3) is 0.435. The number of aromatic nitrogens is 2. The van der Waals surface area contributed by atoms with Crippen LogP contribution in [0.3, 0.4) is 0 Å². The Balaban J connectivity index is 1.39. The van der Waals surface area contributed by atoms with Crippen molar-refractivity contribution in [2.24, 2.45) is 0 Å². The highest BCUT2D eigenvalue weighted by Gasteiger charge is 2.25. The minimum Gasteiger partial charge on any atom is -0.486 e. The van der Waals surface area contributed by atoms with Gasteiger partial charge in [-0.15, -0.1) is 11.3 Å². The van der Waals surface area contributed by atoms with E-state index in [1.807, 2.05) is 32.0 Å². The third kappa shape index (κ3) is 3.86. The third-order valence-corrected chi connectivity index (χ3v) is 7.33. The quantitative estimate of drug-likeness (QED) is 0.650. The van der Waals surface area contributed by atoms with Gasteiger partial charge in [0.2, 0.25) is 0 Å². The SMILES string of the molecule is Cc1c(C(=O)N[C@H](C)c2ccc3c(c2)OCCO3)sc2ncnc(N3CCN(C)CC3)c12. The number of aryl methyl sites for hydroxylation is 1. The van der Waals surface area contributed by atoms with Crippen molar-refractivity contribution in [2.75, 3.05) is 51.3 Å². The van der Waals surface area contributed by atoms with Crippen LogP contribution in [0.1, 0.15) is 33.8 Å². The Hall–Kier alpha value is -2.91. The highest BCUT2D eigenvalue weighted by atomic mass is 32.1. The number of likely N-dealkylation sites (N-methyl/N-ethyl adjacent to an activating group) is 1. The molecule has 3 aromatic rings. The van der Waals surface area contributed by atoms with E-state index in [-0.39, 0.29) is 11.9 Å². The van der Waals surface area contributed by atoms with Gasteiger partial charge in [-0.05, 0) is 44.2 Å². The van der Waals surface area contributed by atoms with E-state index in [4.69, 9.17) is 9.47 Å². The van der Waals surface area contributed by atoms with Crippen molar-refractivity contribution in [3.05, 3.63) is 40.5 Å². The van der Waals surface area contributed by atoms with Gasteiger partial charge in [0.15, 0.2) is 11.5 Å². The zero-order chi connectivity index (χ0) is 22.2. The van der Waals surface area contributed by atoms with Gasteiger partial charge < -0.3 is 24.6 Å². The fourth-order valence-electron chi connectivity index (χ4n) is 4.20. The molecule has 0 aliphatic carbocycles. The average molecular weight is 454 g/mol. The summed E-state index contributed by atoms with van der Waals surface area (Å²) in [4.78, 5) is 28.4. The number of hydrogen-bond donors (Lipinski definition) is 1. The van der Waals surface area contributed by atoms with Crippen molar-refractivity contribution in [1.29, 1.82) is 0 Å². The molecule has 0 radical (unpaired) electrons. The molecule has 1 atom stereocenters. The highest BCUT2D eigenvalue weighted by Crippen LogP contribution is 2.36. The predicted molar refractivity (Wildman–Crippen MR) is 125 cm³/mol. The van der Waals surface area contributed by atoms with Gasteiger partial charge in [0.1, 0.15) is 30.2 Å². The smallest absolute Gasteiger partial charge is 0.262 e. The molecule has 4 heterocycles. The molecule has 2 aromatic heterocycles. The topological polar surface area (TPSA) is 79.8 Å². The molecule has 0 spiro atoms. The number of nitrogens with zero attached hydrogens (tertiary/aromatic N) is 4. The fourth-order valence-corrected chi connectivity index (χ4v) is 5.25. The minimum absolute atomic E-state index is 0.0998. The van der Waals surface area contributed by atoms with Crippen LogP contribution < -0.4 is 19.7 Å². The van der Waals surface area contributed by atoms with Crippen molar-refractivity contribution in [3.8, 4) is 11.5 Å². The molecular weight excluding hydrogens is 426 g/mol. The van der Waals surface area contributed by atoms with Crippen LogP contribution in [0.2, 0.25) is 0 Å². The summed E-state index contributed by atoms with van der Waals surface area (Å²) >= 11 is 1.43. The minimum atomic E-state index is -0.175. The molecule has 0 saturated carbocycles. The summed E-state index contributed by atoms with van der Waals surface area (Å²) in [6.45, 7) is 8.88. The van der Waals surface area contributed by atoms with Gasteiger partial charge in [-0.1, -0.05) is 6.07 Å². The van der Waals surface area contributed by atoms with E-state index in [0.29, 0.717) is 18.1 Å². The number of nitrogens with one attached hydrogen (secondary N) is 1. The number of amides is 1. The standard InChI is InChI=1S/C23H27N5O3S/c1-14-19-21(28-8-6-27(3)7-9-28)24-13-25-23(19)32-20(14)22(29)26-15(2)16-4-5-17-18(12-16)31-11-10-30-17/h4-5,12-13,15H,6-11H2,1-3H3,(H,26,29)/t15-/m1/s1. The molecule has 2 aliphatic rings. The molecule has 1 fully saturated rings. The van der Waals surface area contributed by atoms with Crippen molar-refractivity contribution >= 4 is 33.3 Å². The first-order valence-electron chi connectivity index (χ1n) is 10.9. The molecule has 1 amide bonds. The zero-order valence-electron chi connectivity index (χ0n) is 18.6. The first-order chi connectivity index (χ1) is 15.5. The number of fused-ring (bicyclic) bond motifs is 2. The monoisotopic (exact) mass is 453 g/mol. The number of piperazine rings is 1. The van der Waals surface area contributed by atoms with Crippen molar-refractivity contribution in [1.82, 2.24) is 20.2 Å². The number of benzene rings is 1. The highest BCUT2D eigenvalue weighted by molar-refractivity contribution is 7.20. The molecule has 32 heavy (non-hydrogen) atoms. The second-order valence-corrected chi connectivity index (χ2v) is 9.32. The Kier molecular flexibility index (Phi) is 5.60. The lowest BCUT2D eigenvalue weighted by Gasteiger charge is -2.33. The summed E-state index contributed by atoms with van der Waals surface area (Å²) in [5, 5.41) is 4.12. The maximum Gasteiger partial charge on any atom is 0.262 e. The van der Waals surface area contributed by atoms with E-state index in [0.717, 1.165) is 64.8 Å². The number of rotatable bonds is 4. The summed E-state index contributed by atoms with van der Waals surface area (Å²) < 4.78 is 11.3. The predicted octanol–water partition coefficient (Wildman–Crippen LogP) is 3.01. The second-order valence-electron chi connectivity index (χ2n) is 8.32. The number of hydrogen-bond acceptors (Lipinski definition) is 8. The van der Waals surface area contributed by atoms with Crippen LogP contribution in [0.15, 0.2) is 24.5 Å². The van der Waals surface area contributed by atoms with E-state index < -0.39 is 0 Å². The lowest BCUT2D eigenvalue weighted by Crippen LogP contribution is -2.44. The van der Waals surface area contributed by atoms with Crippen LogP contribution in [-0.4, -0.2) is 67.2 Å². The number of anilines is 1. The van der Waals surface area contributed by atoms with Crippen LogP contribution in [-0.2, 0) is 0 Å². The summed E-state index contributed by atoms with van der Waals surface area (Å²) in [7, 11) is 2.13. The van der Waals surface area contributed by atoms with E-state index in [9.17, 15) is 4.79 Å². The van der Waals surface area contributed by atoms with Crippen molar-refractivity contribution < 1.29 is 14.3 Å². The second kappa shape index (κ2) is 8.55. The van der Waals surface area contributed by atoms with Crippen LogP contribution in [0, 0.1) is 6.92 Å². The maximum atomic E-state index is 13.2. The normalized spacial score (nSPS) is 17.4. The molecule has 1 aromatic carbocycles. The Morgan fingerprint density at radius 3 is 2.66 bits per heavy atom. The van der Waals surface area contributed by atoms with Crippen LogP contribution in [0.25, 0.3) is 10.2 Å². The van der Waals surface area contributed by atoms with Crippen LogP contribution in [0.4, 0.5) is 5.82 Å². The molecule has 5 rings (SSSR count). The molecule has 1 saturated heterocycles. The molecular formula is C23H27N5O3S. The van der Waals surface area contributed by atoms with Gasteiger partial charge in [-0.3, -0.25) is 4.79 Å². The van der Waals surface area contributed by atoms with E-state index >= 15 is 0 Å². The zero-order valence-corrected chi connectivity index (χ0v) is 19.4. The summed E-state index contributed by atoms with van der Waals surface area (Å²) in [6.07, 6.45) is 1.60. The number of thiophene rings is 1. The van der Waals surface area contributed by atoms with E-state index in [2.05, 4.69) is 32.1 Å². The van der Waals surface area contributed by atoms with Crippen molar-refractivity contribution in [2.45, 2.75) is 19.9 Å². The van der Waals surface area contributed by atoms with Gasteiger partial charge in [-0.2, -0.15) is 0 Å². The molecule has 0 bridgehead atoms. The van der Waals surface area contributed by atoms with E-state index in [1.54, 1.807) is 6.33 Å². The van der Waals surface area contributed by atoms with Gasteiger partial charge in [0.05, 0.1) is 16.3 Å². The molecule has 9 heteroatoms. The first kappa shape index (κ1) is 21.0. The summed E-state index contributed by atoms with van der Waals surface area (Å²) in [5.74, 6) is 2.29. The molecule has 168 valence electrons. The van der Waals surface area contributed by atoms with Crippen LogP contribution in [0.5, 0.6) is 11.5 Å². The Bertz CT molecular complexity index is 1160. The molecule has 8 nitrogen and oxygen atoms in total. The average Bonchev–Trinajstić information content (AvgIpc) is 3.16. The van der Waals surface area contributed by atoms with Gasteiger partial charge in [0, 0.05) is 26.2 Å². The number of carbonyl (C=O) groups excluding carboxylic acids is 1. The van der Waals surface area contributed by atoms with Crippen LogP contribution >= 0.6 is 11.3 Å². The van der Waals surface area contributed by atoms with Crippen molar-refractivity contribution in [3.63, 3.8) is 0 Å². The largest absolute Gasteiger partial charge is 0.486 e. The van der Waals surface area contributed by atoms with Gasteiger partial charge >= 0.3 is 0 Å². The Morgan fingerprint density at radius 1 is 1.12 bits per heavy atom. The third-order valence-electron chi connectivity index (χ3n) is 6.13. The number of carbonyl (C=O) groups is 1. The lowest BCUT2D eigenvalue weighted by atomic mass is 10.1. The molecule has 1 N–H and O–H groups in total. The van der Waals surface area contributed by atoms with Gasteiger partial charge in [-0.25, -0.2) is 9.97 Å². The summed E-state index contributed by atoms with van der Waals surface area (Å²) in [6, 6.07) is 5.63. The van der Waals surface area contributed by atoms with Gasteiger partial charge in [0.25, 0.3) is 5.91 Å². The van der Waals surface area contributed by atoms with E-state index in [1.165, 1.54) is 11.3 Å². The molecule has 2 aliphatic heterocycles. The molecule has 0 unspecified atom stereocenters.